The maximum Gasteiger partial charge on any atom is 0.161 e. The van der Waals surface area contributed by atoms with E-state index in [9.17, 15) is 5.26 Å². The highest BCUT2D eigenvalue weighted by Crippen LogP contribution is 2.38. The molecule has 0 saturated carbocycles. The van der Waals surface area contributed by atoms with Gasteiger partial charge in [-0.3, -0.25) is 4.90 Å². The number of piperidine rings is 1. The van der Waals surface area contributed by atoms with Crippen LogP contribution < -0.4 is 9.47 Å². The molecule has 4 rings (SSSR count). The van der Waals surface area contributed by atoms with Crippen LogP contribution in [0.2, 0.25) is 0 Å². The number of nitrogens with zero attached hydrogens (tertiary/aromatic N) is 2. The quantitative estimate of drug-likeness (QED) is 0.657. The number of benzene rings is 2. The Kier molecular flexibility index (Phi) is 6.98. The minimum absolute atomic E-state index is 0.130. The Labute approximate surface area is 189 Å². The minimum Gasteiger partial charge on any atom is -0.493 e. The standard InChI is InChI=1S/C26H31FN2O3/c1-30-24-12-22-11-19(17-32-18-23(22)13-25(24)31-2)14-26(27)7-9-29(10-8-26)16-21-6-4-3-5-20(21)15-28/h3-6,12-13,19H,7-11,14,16-18H2,1-2H3. The molecule has 0 aliphatic carbocycles. The summed E-state index contributed by atoms with van der Waals surface area (Å²) in [4.78, 5) is 2.25. The van der Waals surface area contributed by atoms with Crippen LogP contribution in [0.5, 0.6) is 11.5 Å². The molecular formula is C26H31FN2O3. The Morgan fingerprint density at radius 1 is 1.12 bits per heavy atom. The van der Waals surface area contributed by atoms with Gasteiger partial charge in [0, 0.05) is 19.6 Å². The highest BCUT2D eigenvalue weighted by atomic mass is 19.1. The molecule has 0 bridgehead atoms. The summed E-state index contributed by atoms with van der Waals surface area (Å²) in [6, 6.07) is 13.9. The normalized spacial score (nSPS) is 20.6. The summed E-state index contributed by atoms with van der Waals surface area (Å²) in [6.45, 7) is 3.17. The summed E-state index contributed by atoms with van der Waals surface area (Å²) in [7, 11) is 3.26. The number of hydrogen-bond acceptors (Lipinski definition) is 5. The molecule has 2 aliphatic heterocycles. The van der Waals surface area contributed by atoms with Crippen molar-refractivity contribution >= 4 is 0 Å². The highest BCUT2D eigenvalue weighted by Gasteiger charge is 2.37. The Bertz CT molecular complexity index is 980. The van der Waals surface area contributed by atoms with Gasteiger partial charge in [-0.15, -0.1) is 0 Å². The number of alkyl halides is 1. The number of rotatable bonds is 6. The van der Waals surface area contributed by atoms with E-state index in [1.165, 1.54) is 0 Å². The number of hydrogen-bond donors (Lipinski definition) is 0. The van der Waals surface area contributed by atoms with Crippen LogP contribution in [0.15, 0.2) is 36.4 Å². The number of methoxy groups -OCH3 is 2. The largest absolute Gasteiger partial charge is 0.493 e. The first-order valence-corrected chi connectivity index (χ1v) is 11.2. The zero-order chi connectivity index (χ0) is 22.6. The fourth-order valence-corrected chi connectivity index (χ4v) is 4.97. The van der Waals surface area contributed by atoms with E-state index >= 15 is 4.39 Å². The van der Waals surface area contributed by atoms with E-state index in [1.807, 2.05) is 36.4 Å². The molecule has 1 fully saturated rings. The van der Waals surface area contributed by atoms with Crippen LogP contribution in [0.4, 0.5) is 4.39 Å². The molecule has 1 atom stereocenters. The molecule has 0 aromatic heterocycles. The molecule has 32 heavy (non-hydrogen) atoms. The molecule has 0 N–H and O–H groups in total. The molecule has 6 heteroatoms. The molecule has 0 spiro atoms. The van der Waals surface area contributed by atoms with Crippen LogP contribution in [-0.2, 0) is 24.3 Å². The van der Waals surface area contributed by atoms with Gasteiger partial charge < -0.3 is 14.2 Å². The molecule has 170 valence electrons. The zero-order valence-corrected chi connectivity index (χ0v) is 18.9. The fraction of sp³-hybridized carbons (Fsp3) is 0.500. The van der Waals surface area contributed by atoms with Crippen molar-refractivity contribution in [2.24, 2.45) is 5.92 Å². The van der Waals surface area contributed by atoms with Gasteiger partial charge in [0.25, 0.3) is 0 Å². The van der Waals surface area contributed by atoms with Gasteiger partial charge in [-0.05, 0) is 66.5 Å². The molecule has 2 aromatic rings. The van der Waals surface area contributed by atoms with Crippen molar-refractivity contribution in [3.05, 3.63) is 58.7 Å². The summed E-state index contributed by atoms with van der Waals surface area (Å²) in [5.41, 5.74) is 2.77. The van der Waals surface area contributed by atoms with E-state index in [1.54, 1.807) is 14.2 Å². The maximum atomic E-state index is 15.8. The Morgan fingerprint density at radius 2 is 1.81 bits per heavy atom. The summed E-state index contributed by atoms with van der Waals surface area (Å²) in [5.74, 6) is 1.53. The minimum atomic E-state index is -1.18. The van der Waals surface area contributed by atoms with E-state index in [0.29, 0.717) is 69.2 Å². The first kappa shape index (κ1) is 22.6. The van der Waals surface area contributed by atoms with Crippen molar-refractivity contribution in [3.8, 4) is 17.6 Å². The molecule has 1 unspecified atom stereocenters. The van der Waals surface area contributed by atoms with Gasteiger partial charge in [0.2, 0.25) is 0 Å². The lowest BCUT2D eigenvalue weighted by Gasteiger charge is -2.38. The van der Waals surface area contributed by atoms with Crippen molar-refractivity contribution in [2.45, 2.75) is 44.5 Å². The number of ether oxygens (including phenoxy) is 3. The van der Waals surface area contributed by atoms with Crippen LogP contribution in [-0.4, -0.2) is 44.5 Å². The molecule has 0 radical (unpaired) electrons. The average molecular weight is 439 g/mol. The van der Waals surface area contributed by atoms with Gasteiger partial charge in [0.15, 0.2) is 11.5 Å². The van der Waals surface area contributed by atoms with E-state index in [0.717, 1.165) is 23.1 Å². The predicted octanol–water partition coefficient (Wildman–Crippen LogP) is 4.66. The second kappa shape index (κ2) is 9.89. The van der Waals surface area contributed by atoms with E-state index < -0.39 is 5.67 Å². The van der Waals surface area contributed by atoms with Gasteiger partial charge in [-0.1, -0.05) is 18.2 Å². The average Bonchev–Trinajstić information content (AvgIpc) is 3.00. The van der Waals surface area contributed by atoms with Gasteiger partial charge in [0.1, 0.15) is 5.67 Å². The summed E-state index contributed by atoms with van der Waals surface area (Å²) in [6.07, 6.45) is 2.30. The van der Waals surface area contributed by atoms with Gasteiger partial charge in [-0.25, -0.2) is 4.39 Å². The second-order valence-corrected chi connectivity index (χ2v) is 8.96. The highest BCUT2D eigenvalue weighted by molar-refractivity contribution is 5.47. The lowest BCUT2D eigenvalue weighted by atomic mass is 9.82. The van der Waals surface area contributed by atoms with Crippen molar-refractivity contribution in [1.29, 1.82) is 5.26 Å². The molecule has 0 amide bonds. The zero-order valence-electron chi connectivity index (χ0n) is 18.9. The van der Waals surface area contributed by atoms with Crippen LogP contribution in [0.3, 0.4) is 0 Å². The fourth-order valence-electron chi connectivity index (χ4n) is 4.97. The second-order valence-electron chi connectivity index (χ2n) is 8.96. The molecule has 2 aliphatic rings. The van der Waals surface area contributed by atoms with Crippen LogP contribution in [0.25, 0.3) is 0 Å². The smallest absolute Gasteiger partial charge is 0.161 e. The third kappa shape index (κ3) is 5.06. The first-order chi connectivity index (χ1) is 15.5. The van der Waals surface area contributed by atoms with Crippen LogP contribution in [0.1, 0.15) is 41.5 Å². The topological polar surface area (TPSA) is 54.7 Å². The van der Waals surface area contributed by atoms with Crippen LogP contribution in [0, 0.1) is 17.2 Å². The van der Waals surface area contributed by atoms with Crippen molar-refractivity contribution in [3.63, 3.8) is 0 Å². The Morgan fingerprint density at radius 3 is 2.50 bits per heavy atom. The first-order valence-electron chi connectivity index (χ1n) is 11.2. The lowest BCUT2D eigenvalue weighted by Crippen LogP contribution is -2.43. The number of likely N-dealkylation sites (tertiary alicyclic amines) is 1. The van der Waals surface area contributed by atoms with Crippen LogP contribution >= 0.6 is 0 Å². The molecule has 2 aromatic carbocycles. The SMILES string of the molecule is COc1cc2c(cc1OC)CC(CC1(F)CCN(Cc3ccccc3C#N)CC1)COC2. The summed E-state index contributed by atoms with van der Waals surface area (Å²) in [5, 5.41) is 9.31. The van der Waals surface area contributed by atoms with Crippen molar-refractivity contribution in [1.82, 2.24) is 4.90 Å². The summed E-state index contributed by atoms with van der Waals surface area (Å²) >= 11 is 0. The van der Waals surface area contributed by atoms with Gasteiger partial charge in [0.05, 0.1) is 39.1 Å². The number of fused-ring (bicyclic) bond motifs is 1. The molecule has 2 heterocycles. The van der Waals surface area contributed by atoms with E-state index in [2.05, 4.69) is 11.0 Å². The number of halogens is 1. The van der Waals surface area contributed by atoms with Crippen molar-refractivity contribution in [2.75, 3.05) is 33.9 Å². The maximum absolute atomic E-state index is 15.8. The molecule has 5 nitrogen and oxygen atoms in total. The van der Waals surface area contributed by atoms with E-state index in [4.69, 9.17) is 14.2 Å². The van der Waals surface area contributed by atoms with Gasteiger partial charge >= 0.3 is 0 Å². The van der Waals surface area contributed by atoms with Gasteiger partial charge in [-0.2, -0.15) is 5.26 Å². The Hall–Kier alpha value is -2.62. The molecule has 1 saturated heterocycles. The molecular weight excluding hydrogens is 407 g/mol. The van der Waals surface area contributed by atoms with E-state index in [-0.39, 0.29) is 5.92 Å². The number of nitriles is 1. The predicted molar refractivity (Wildman–Crippen MR) is 121 cm³/mol. The van der Waals surface area contributed by atoms with Crippen molar-refractivity contribution < 1.29 is 18.6 Å². The third-order valence-corrected chi connectivity index (χ3v) is 6.76. The lowest BCUT2D eigenvalue weighted by molar-refractivity contribution is 0.0131. The third-order valence-electron chi connectivity index (χ3n) is 6.76. The summed E-state index contributed by atoms with van der Waals surface area (Å²) < 4.78 is 32.6. The monoisotopic (exact) mass is 438 g/mol. The Balaban J connectivity index is 1.38.